The summed E-state index contributed by atoms with van der Waals surface area (Å²) in [5, 5.41) is 10.9. The van der Waals surface area contributed by atoms with Crippen LogP contribution >= 0.6 is 15.9 Å². The Kier molecular flexibility index (Phi) is 4.33. The number of aromatic nitrogens is 1. The Morgan fingerprint density at radius 2 is 2.17 bits per heavy atom. The van der Waals surface area contributed by atoms with Crippen molar-refractivity contribution in [2.75, 3.05) is 7.11 Å². The third-order valence-corrected chi connectivity index (χ3v) is 2.32. The molecular formula is C8H6BrF3N2O4. The highest BCUT2D eigenvalue weighted by Gasteiger charge is 2.37. The summed E-state index contributed by atoms with van der Waals surface area (Å²) in [6, 6.07) is 0. The van der Waals surface area contributed by atoms with Gasteiger partial charge in [0, 0.05) is 5.33 Å². The number of nitrogens with zero attached hydrogens (tertiary/aromatic N) is 2. The fourth-order valence-electron chi connectivity index (χ4n) is 1.19. The van der Waals surface area contributed by atoms with E-state index in [2.05, 4.69) is 25.7 Å². The Hall–Kier alpha value is -1.58. The predicted octanol–water partition coefficient (Wildman–Crippen LogP) is 2.79. The molecule has 100 valence electrons. The molecule has 1 rings (SSSR count). The van der Waals surface area contributed by atoms with Gasteiger partial charge in [-0.1, -0.05) is 15.9 Å². The minimum atomic E-state index is -5.05. The molecule has 18 heavy (non-hydrogen) atoms. The van der Waals surface area contributed by atoms with Crippen molar-refractivity contribution >= 4 is 21.6 Å². The maximum Gasteiger partial charge on any atom is 0.573 e. The molecule has 1 aromatic rings. The molecule has 0 radical (unpaired) electrons. The van der Waals surface area contributed by atoms with Gasteiger partial charge in [-0.3, -0.25) is 15.1 Å². The lowest BCUT2D eigenvalue weighted by molar-refractivity contribution is -0.389. The Bertz CT molecular complexity index is 466. The Balaban J connectivity index is 3.39. The molecule has 0 aliphatic heterocycles. The van der Waals surface area contributed by atoms with E-state index in [0.717, 1.165) is 7.11 Å². The number of halogens is 4. The van der Waals surface area contributed by atoms with Crippen LogP contribution in [-0.2, 0) is 5.33 Å². The fourth-order valence-corrected chi connectivity index (χ4v) is 1.59. The molecule has 0 aliphatic rings. The van der Waals surface area contributed by atoms with Crippen molar-refractivity contribution in [3.05, 3.63) is 22.0 Å². The molecule has 0 saturated carbocycles. The van der Waals surface area contributed by atoms with Crippen LogP contribution in [0.3, 0.4) is 0 Å². The number of methoxy groups -OCH3 is 1. The number of nitro groups is 1. The summed E-state index contributed by atoms with van der Waals surface area (Å²) < 4.78 is 44.5. The average molecular weight is 331 g/mol. The molecule has 0 saturated heterocycles. The van der Waals surface area contributed by atoms with Crippen molar-refractivity contribution in [1.82, 2.24) is 4.98 Å². The van der Waals surface area contributed by atoms with Crippen LogP contribution in [0.2, 0.25) is 0 Å². The molecule has 6 nitrogen and oxygen atoms in total. The average Bonchev–Trinajstić information content (AvgIpc) is 2.25. The van der Waals surface area contributed by atoms with Gasteiger partial charge in [-0.2, -0.15) is 0 Å². The van der Waals surface area contributed by atoms with Gasteiger partial charge in [0.15, 0.2) is 0 Å². The molecular weight excluding hydrogens is 325 g/mol. The Morgan fingerprint density at radius 3 is 2.56 bits per heavy atom. The second kappa shape index (κ2) is 5.38. The second-order valence-corrected chi connectivity index (χ2v) is 3.45. The van der Waals surface area contributed by atoms with E-state index in [1.54, 1.807) is 0 Å². The van der Waals surface area contributed by atoms with Crippen LogP contribution < -0.4 is 9.47 Å². The van der Waals surface area contributed by atoms with Crippen LogP contribution in [0.15, 0.2) is 6.20 Å². The predicted molar refractivity (Wildman–Crippen MR) is 56.8 cm³/mol. The maximum absolute atomic E-state index is 12.1. The first kappa shape index (κ1) is 14.5. The van der Waals surface area contributed by atoms with E-state index in [0.29, 0.717) is 6.20 Å². The SMILES string of the molecule is COc1c(CBr)ncc(OC(F)(F)F)c1[N+](=O)[O-]. The zero-order chi connectivity index (χ0) is 13.9. The van der Waals surface area contributed by atoms with Crippen LogP contribution in [0, 0.1) is 10.1 Å². The molecule has 10 heteroatoms. The van der Waals surface area contributed by atoms with Crippen LogP contribution in [-0.4, -0.2) is 23.4 Å². The molecule has 0 aliphatic carbocycles. The molecule has 0 atom stereocenters. The van der Waals surface area contributed by atoms with Crippen molar-refractivity contribution in [3.63, 3.8) is 0 Å². The van der Waals surface area contributed by atoms with Gasteiger partial charge >= 0.3 is 12.0 Å². The van der Waals surface area contributed by atoms with Gasteiger partial charge in [0.25, 0.3) is 0 Å². The smallest absolute Gasteiger partial charge is 0.489 e. The van der Waals surface area contributed by atoms with Gasteiger partial charge < -0.3 is 9.47 Å². The molecule has 0 bridgehead atoms. The minimum Gasteiger partial charge on any atom is -0.489 e. The summed E-state index contributed by atoms with van der Waals surface area (Å²) in [7, 11) is 1.09. The van der Waals surface area contributed by atoms with E-state index in [1.165, 1.54) is 0 Å². The van der Waals surface area contributed by atoms with Crippen molar-refractivity contribution in [2.45, 2.75) is 11.7 Å². The molecule has 0 aromatic carbocycles. The summed E-state index contributed by atoms with van der Waals surface area (Å²) in [4.78, 5) is 13.4. The highest BCUT2D eigenvalue weighted by atomic mass is 79.9. The zero-order valence-electron chi connectivity index (χ0n) is 8.82. The van der Waals surface area contributed by atoms with E-state index < -0.39 is 22.7 Å². The third kappa shape index (κ3) is 3.22. The standard InChI is InChI=1S/C8H6BrF3N2O4/c1-17-7-4(2-9)13-3-5(6(7)14(15)16)18-8(10,11)12/h3H,2H2,1H3. The number of hydrogen-bond donors (Lipinski definition) is 0. The van der Waals surface area contributed by atoms with Crippen molar-refractivity contribution in [1.29, 1.82) is 0 Å². The van der Waals surface area contributed by atoms with Crippen molar-refractivity contribution < 1.29 is 27.6 Å². The van der Waals surface area contributed by atoms with Crippen LogP contribution in [0.4, 0.5) is 18.9 Å². The van der Waals surface area contributed by atoms with Crippen LogP contribution in [0.25, 0.3) is 0 Å². The summed E-state index contributed by atoms with van der Waals surface area (Å²) in [5.74, 6) is -1.40. The highest BCUT2D eigenvalue weighted by Crippen LogP contribution is 2.40. The Labute approximate surface area is 107 Å². The van der Waals surface area contributed by atoms with E-state index in [9.17, 15) is 23.3 Å². The van der Waals surface area contributed by atoms with Crippen LogP contribution in [0.5, 0.6) is 11.5 Å². The van der Waals surface area contributed by atoms with E-state index in [-0.39, 0.29) is 16.8 Å². The summed E-state index contributed by atoms with van der Waals surface area (Å²) in [6.45, 7) is 0. The number of alkyl halides is 4. The number of pyridine rings is 1. The lowest BCUT2D eigenvalue weighted by Crippen LogP contribution is -2.18. The van der Waals surface area contributed by atoms with Gasteiger partial charge in [-0.15, -0.1) is 13.2 Å². The molecule has 0 fully saturated rings. The number of rotatable bonds is 4. The number of hydrogen-bond acceptors (Lipinski definition) is 5. The van der Waals surface area contributed by atoms with E-state index >= 15 is 0 Å². The maximum atomic E-state index is 12.1. The van der Waals surface area contributed by atoms with Gasteiger partial charge in [0.2, 0.25) is 11.5 Å². The highest BCUT2D eigenvalue weighted by molar-refractivity contribution is 9.08. The molecule has 0 N–H and O–H groups in total. The van der Waals surface area contributed by atoms with Crippen LogP contribution in [0.1, 0.15) is 5.69 Å². The van der Waals surface area contributed by atoms with Gasteiger partial charge in [0.1, 0.15) is 5.69 Å². The van der Waals surface area contributed by atoms with E-state index in [4.69, 9.17) is 4.74 Å². The Morgan fingerprint density at radius 1 is 1.56 bits per heavy atom. The molecule has 0 unspecified atom stereocenters. The molecule has 1 heterocycles. The zero-order valence-corrected chi connectivity index (χ0v) is 10.4. The largest absolute Gasteiger partial charge is 0.573 e. The monoisotopic (exact) mass is 330 g/mol. The molecule has 1 aromatic heterocycles. The lowest BCUT2D eigenvalue weighted by Gasteiger charge is -2.12. The van der Waals surface area contributed by atoms with Gasteiger partial charge in [-0.05, 0) is 0 Å². The molecule has 0 spiro atoms. The first-order valence-corrected chi connectivity index (χ1v) is 5.44. The first-order valence-electron chi connectivity index (χ1n) is 4.32. The summed E-state index contributed by atoms with van der Waals surface area (Å²) >= 11 is 2.99. The van der Waals surface area contributed by atoms with Gasteiger partial charge in [-0.25, -0.2) is 0 Å². The van der Waals surface area contributed by atoms with Crippen molar-refractivity contribution in [3.8, 4) is 11.5 Å². The minimum absolute atomic E-state index is 0.0866. The summed E-state index contributed by atoms with van der Waals surface area (Å²) in [6.07, 6.45) is -4.42. The molecule has 0 amide bonds. The summed E-state index contributed by atoms with van der Waals surface area (Å²) in [5.41, 5.74) is -0.821. The quantitative estimate of drug-likeness (QED) is 0.482. The fraction of sp³-hybridized carbons (Fsp3) is 0.375. The topological polar surface area (TPSA) is 74.5 Å². The second-order valence-electron chi connectivity index (χ2n) is 2.89. The van der Waals surface area contributed by atoms with Crippen molar-refractivity contribution in [2.24, 2.45) is 0 Å². The normalized spacial score (nSPS) is 11.2. The first-order chi connectivity index (χ1) is 8.30. The number of ether oxygens (including phenoxy) is 2. The third-order valence-electron chi connectivity index (χ3n) is 1.79. The van der Waals surface area contributed by atoms with E-state index in [1.807, 2.05) is 0 Å². The van der Waals surface area contributed by atoms with Gasteiger partial charge in [0.05, 0.1) is 18.2 Å². The lowest BCUT2D eigenvalue weighted by atomic mass is 10.3.